The van der Waals surface area contributed by atoms with Crippen LogP contribution in [0, 0.1) is 0 Å². The van der Waals surface area contributed by atoms with Crippen LogP contribution in [0.4, 0.5) is 0 Å². The molecule has 0 bridgehead atoms. The lowest BCUT2D eigenvalue weighted by atomic mass is 10.0. The van der Waals surface area contributed by atoms with E-state index in [9.17, 15) is 4.79 Å². The van der Waals surface area contributed by atoms with Crippen molar-refractivity contribution in [3.05, 3.63) is 41.1 Å². The van der Waals surface area contributed by atoms with Crippen LogP contribution in [0.1, 0.15) is 21.5 Å². The van der Waals surface area contributed by atoms with Gasteiger partial charge in [-0.15, -0.1) is 0 Å². The molecule has 1 radical (unpaired) electrons. The molecule has 1 amide bonds. The second kappa shape index (κ2) is 2.94. The van der Waals surface area contributed by atoms with Crippen LogP contribution in [-0.4, -0.2) is 5.91 Å². The van der Waals surface area contributed by atoms with Crippen molar-refractivity contribution in [3.63, 3.8) is 0 Å². The third kappa shape index (κ3) is 1.40. The van der Waals surface area contributed by atoms with E-state index in [4.69, 9.17) is 5.73 Å². The smallest absolute Gasteiger partial charge is 0.248 e. The first-order chi connectivity index (χ1) is 6.27. The van der Waals surface area contributed by atoms with Crippen LogP contribution in [0.3, 0.4) is 0 Å². The fourth-order valence-corrected chi connectivity index (χ4v) is 1.33. The van der Waals surface area contributed by atoms with Crippen molar-refractivity contribution >= 4 is 12.0 Å². The van der Waals surface area contributed by atoms with Gasteiger partial charge in [-0.3, -0.25) is 10.1 Å². The molecule has 1 aromatic rings. The third-order valence-electron chi connectivity index (χ3n) is 2.05. The second-order valence-electron chi connectivity index (χ2n) is 2.93. The Hall–Kier alpha value is -1.77. The first-order valence-corrected chi connectivity index (χ1v) is 4.03. The highest BCUT2D eigenvalue weighted by Gasteiger charge is 2.07. The fourth-order valence-electron chi connectivity index (χ4n) is 1.33. The minimum Gasteiger partial charge on any atom is -0.366 e. The third-order valence-corrected chi connectivity index (χ3v) is 2.05. The molecule has 0 unspecified atom stereocenters. The predicted octanol–water partition coefficient (Wildman–Crippen LogP) is 0.874. The van der Waals surface area contributed by atoms with E-state index < -0.39 is 5.91 Å². The van der Waals surface area contributed by atoms with Crippen LogP contribution in [0.25, 0.3) is 6.08 Å². The van der Waals surface area contributed by atoms with Crippen LogP contribution in [0.5, 0.6) is 0 Å². The number of fused-ring (bicyclic) bond motifs is 1. The molecule has 2 rings (SSSR count). The van der Waals surface area contributed by atoms with Crippen molar-refractivity contribution in [3.8, 4) is 0 Å². The van der Waals surface area contributed by atoms with E-state index in [2.05, 4.69) is 5.32 Å². The number of carbonyl (C=O) groups excluding carboxylic acids is 1. The summed E-state index contributed by atoms with van der Waals surface area (Å²) < 4.78 is 0. The second-order valence-corrected chi connectivity index (χ2v) is 2.93. The Kier molecular flexibility index (Phi) is 1.77. The van der Waals surface area contributed by atoms with Gasteiger partial charge in [-0.25, -0.2) is 0 Å². The first-order valence-electron chi connectivity index (χ1n) is 4.03. The molecule has 1 aliphatic rings. The van der Waals surface area contributed by atoms with Gasteiger partial charge in [-0.1, -0.05) is 6.07 Å². The van der Waals surface area contributed by atoms with E-state index in [0.29, 0.717) is 12.1 Å². The normalized spacial score (nSPS) is 13.2. The molecule has 65 valence electrons. The lowest BCUT2D eigenvalue weighted by Crippen LogP contribution is -2.12. The van der Waals surface area contributed by atoms with Gasteiger partial charge in [0.15, 0.2) is 0 Å². The molecule has 0 saturated carbocycles. The van der Waals surface area contributed by atoms with Gasteiger partial charge in [0.25, 0.3) is 0 Å². The molecule has 0 spiro atoms. The van der Waals surface area contributed by atoms with Gasteiger partial charge >= 0.3 is 0 Å². The van der Waals surface area contributed by atoms with E-state index in [0.717, 1.165) is 11.1 Å². The van der Waals surface area contributed by atoms with Crippen LogP contribution in [0.2, 0.25) is 0 Å². The summed E-state index contributed by atoms with van der Waals surface area (Å²) in [5.74, 6) is -0.390. The Morgan fingerprint density at radius 3 is 3.08 bits per heavy atom. The average molecular weight is 173 g/mol. The molecule has 0 atom stereocenters. The Balaban J connectivity index is 2.48. The Morgan fingerprint density at radius 1 is 1.46 bits per heavy atom. The molecule has 13 heavy (non-hydrogen) atoms. The molecule has 1 aromatic carbocycles. The minimum atomic E-state index is -0.390. The molecular weight excluding hydrogens is 164 g/mol. The summed E-state index contributed by atoms with van der Waals surface area (Å²) in [6, 6.07) is 5.42. The number of hydrogen-bond donors (Lipinski definition) is 1. The van der Waals surface area contributed by atoms with Gasteiger partial charge in [0.1, 0.15) is 0 Å². The number of amides is 1. The Bertz CT molecular complexity index is 383. The molecule has 2 N–H and O–H groups in total. The van der Waals surface area contributed by atoms with Crippen LogP contribution < -0.4 is 11.1 Å². The van der Waals surface area contributed by atoms with Crippen LogP contribution >= 0.6 is 0 Å². The molecule has 1 heterocycles. The molecule has 0 saturated heterocycles. The SMILES string of the molecule is NC(=O)c1ccc2c(c1)C=C[N]C2. The highest BCUT2D eigenvalue weighted by molar-refractivity contribution is 5.93. The highest BCUT2D eigenvalue weighted by atomic mass is 16.1. The average Bonchev–Trinajstić information content (AvgIpc) is 2.17. The minimum absolute atomic E-state index is 0.390. The number of primary amides is 1. The molecule has 0 aromatic heterocycles. The number of carbonyl (C=O) groups is 1. The van der Waals surface area contributed by atoms with E-state index >= 15 is 0 Å². The van der Waals surface area contributed by atoms with Gasteiger partial charge < -0.3 is 5.73 Å². The quantitative estimate of drug-likeness (QED) is 0.673. The van der Waals surface area contributed by atoms with Crippen molar-refractivity contribution in [1.29, 1.82) is 0 Å². The monoisotopic (exact) mass is 173 g/mol. The number of rotatable bonds is 1. The van der Waals surface area contributed by atoms with Crippen LogP contribution in [0.15, 0.2) is 24.4 Å². The molecule has 3 nitrogen and oxygen atoms in total. The number of nitrogens with two attached hydrogens (primary N) is 1. The van der Waals surface area contributed by atoms with Crippen molar-refractivity contribution in [1.82, 2.24) is 5.32 Å². The summed E-state index contributed by atoms with van der Waals surface area (Å²) in [5, 5.41) is 4.10. The summed E-state index contributed by atoms with van der Waals surface area (Å²) in [7, 11) is 0. The molecule has 0 aliphatic carbocycles. The molecule has 0 fully saturated rings. The lowest BCUT2D eigenvalue weighted by Gasteiger charge is -2.10. The summed E-state index contributed by atoms with van der Waals surface area (Å²) in [6.45, 7) is 0.685. The first kappa shape index (κ1) is 7.86. The summed E-state index contributed by atoms with van der Waals surface area (Å²) in [6.07, 6.45) is 3.62. The van der Waals surface area contributed by atoms with Crippen molar-refractivity contribution in [2.75, 3.05) is 0 Å². The zero-order valence-electron chi connectivity index (χ0n) is 7.03. The van der Waals surface area contributed by atoms with E-state index in [1.54, 1.807) is 18.3 Å². The Morgan fingerprint density at radius 2 is 2.31 bits per heavy atom. The zero-order chi connectivity index (χ0) is 9.26. The van der Waals surface area contributed by atoms with E-state index in [1.807, 2.05) is 12.1 Å². The molecule has 3 heteroatoms. The topological polar surface area (TPSA) is 57.2 Å². The van der Waals surface area contributed by atoms with Gasteiger partial charge in [-0.05, 0) is 29.3 Å². The maximum Gasteiger partial charge on any atom is 0.248 e. The zero-order valence-corrected chi connectivity index (χ0v) is 7.03. The number of benzene rings is 1. The summed E-state index contributed by atoms with van der Waals surface area (Å²) in [4.78, 5) is 10.9. The molecule has 1 aliphatic heterocycles. The van der Waals surface area contributed by atoms with Crippen molar-refractivity contribution < 1.29 is 4.79 Å². The Labute approximate surface area is 76.2 Å². The van der Waals surface area contributed by atoms with Gasteiger partial charge in [-0.2, -0.15) is 0 Å². The van der Waals surface area contributed by atoms with Crippen molar-refractivity contribution in [2.45, 2.75) is 6.54 Å². The van der Waals surface area contributed by atoms with Crippen LogP contribution in [-0.2, 0) is 6.54 Å². The van der Waals surface area contributed by atoms with Gasteiger partial charge in [0.2, 0.25) is 5.91 Å². The standard InChI is InChI=1S/C10H9N2O/c11-10(13)8-1-2-9-6-12-4-3-7(9)5-8/h1-5H,6H2,(H2,11,13). The predicted molar refractivity (Wildman–Crippen MR) is 49.8 cm³/mol. The van der Waals surface area contributed by atoms with E-state index in [1.165, 1.54) is 0 Å². The fraction of sp³-hybridized carbons (Fsp3) is 0.100. The summed E-state index contributed by atoms with van der Waals surface area (Å²) >= 11 is 0. The van der Waals surface area contributed by atoms with Gasteiger partial charge in [0.05, 0.1) is 6.54 Å². The molecular formula is C10H9N2O. The lowest BCUT2D eigenvalue weighted by molar-refractivity contribution is 0.100. The van der Waals surface area contributed by atoms with Gasteiger partial charge in [0, 0.05) is 11.8 Å². The number of nitrogens with zero attached hydrogens (tertiary/aromatic N) is 1. The number of hydrogen-bond acceptors (Lipinski definition) is 1. The largest absolute Gasteiger partial charge is 0.366 e. The summed E-state index contributed by atoms with van der Waals surface area (Å²) in [5.41, 5.74) is 7.87. The highest BCUT2D eigenvalue weighted by Crippen LogP contribution is 2.16. The van der Waals surface area contributed by atoms with E-state index in [-0.39, 0.29) is 0 Å². The maximum atomic E-state index is 10.9. The van der Waals surface area contributed by atoms with Crippen molar-refractivity contribution in [2.24, 2.45) is 5.73 Å². The maximum absolute atomic E-state index is 10.9.